The first-order valence-electron chi connectivity index (χ1n) is 15.3. The number of piperidine rings is 1. The Balaban J connectivity index is 1.08. The maximum atomic E-state index is 13.3. The molecule has 3 aliphatic rings. The van der Waals surface area contributed by atoms with Crippen LogP contribution in [0.2, 0.25) is 0 Å². The van der Waals surface area contributed by atoms with Crippen LogP contribution in [0, 0.1) is 12.3 Å². The number of carbonyl (C=O) groups is 2. The Labute approximate surface area is 242 Å². The summed E-state index contributed by atoms with van der Waals surface area (Å²) in [5.74, 6) is 1.94. The number of nitrogens with zero attached hydrogens (tertiary/aromatic N) is 3. The summed E-state index contributed by atoms with van der Waals surface area (Å²) < 4.78 is 12.5. The molecule has 2 aromatic carbocycles. The number of hydrogen-bond donors (Lipinski definition) is 1. The van der Waals surface area contributed by atoms with E-state index >= 15 is 0 Å². The lowest BCUT2D eigenvalue weighted by molar-refractivity contribution is -0.134. The van der Waals surface area contributed by atoms with Crippen LogP contribution in [0.3, 0.4) is 0 Å². The molecule has 4 heterocycles. The van der Waals surface area contributed by atoms with Crippen molar-refractivity contribution in [3.05, 3.63) is 59.4 Å². The average molecular weight is 559 g/mol. The van der Waals surface area contributed by atoms with Gasteiger partial charge in [-0.05, 0) is 87.8 Å². The van der Waals surface area contributed by atoms with Gasteiger partial charge in [-0.15, -0.1) is 0 Å². The third-order valence-electron chi connectivity index (χ3n) is 9.29. The minimum atomic E-state index is 0.0144. The number of nitrogens with one attached hydrogen (secondary N) is 1. The number of hydrogen-bond acceptors (Lipinski definition) is 5. The number of carbonyl (C=O) groups excluding carboxylic acids is 2. The molecule has 1 aromatic heterocycles. The minimum Gasteiger partial charge on any atom is -0.493 e. The molecular formula is C33H42N4O4. The zero-order valence-electron chi connectivity index (χ0n) is 24.2. The first-order valence-corrected chi connectivity index (χ1v) is 15.3. The van der Waals surface area contributed by atoms with E-state index in [1.165, 1.54) is 0 Å². The predicted octanol–water partition coefficient (Wildman–Crippen LogP) is 5.30. The van der Waals surface area contributed by atoms with Gasteiger partial charge in [0.15, 0.2) is 0 Å². The number of likely N-dealkylation sites (tertiary alicyclic amines) is 1. The molecule has 0 aliphatic carbocycles. The lowest BCUT2D eigenvalue weighted by atomic mass is 9.75. The zero-order chi connectivity index (χ0) is 28.2. The highest BCUT2D eigenvalue weighted by Gasteiger charge is 2.37. The number of rotatable bonds is 3. The Kier molecular flexibility index (Phi) is 8.28. The number of aromatic nitrogens is 2. The van der Waals surface area contributed by atoms with Crippen LogP contribution in [0.5, 0.6) is 5.75 Å². The predicted molar refractivity (Wildman–Crippen MR) is 158 cm³/mol. The summed E-state index contributed by atoms with van der Waals surface area (Å²) >= 11 is 0. The quantitative estimate of drug-likeness (QED) is 0.472. The van der Waals surface area contributed by atoms with Crippen LogP contribution in [-0.4, -0.2) is 77.1 Å². The van der Waals surface area contributed by atoms with Crippen molar-refractivity contribution < 1.29 is 19.1 Å². The fourth-order valence-electron chi connectivity index (χ4n) is 6.77. The number of imidazole rings is 1. The summed E-state index contributed by atoms with van der Waals surface area (Å²) in [6, 6.07) is 14.0. The van der Waals surface area contributed by atoms with E-state index in [9.17, 15) is 9.59 Å². The second kappa shape index (κ2) is 12.2. The first kappa shape index (κ1) is 27.8. The standard InChI is InChI=1S/C33H42N4O4/c1-24-34-29-11-9-25(20-30(29)35-24)10-12-31(38)36-17-14-33(15-18-36)13-2-3-19-40-22-27-7-5-16-37(27)32(39)26-6-4-8-28(21-26)41-23-33/h4,6,8-9,11,20-21,27H,2-3,5,7,10,12-19,22-23H2,1H3,(H,34,35)/t27-/m0/s1. The van der Waals surface area contributed by atoms with E-state index in [0.717, 1.165) is 106 Å². The number of aryl methyl sites for hydroxylation is 2. The van der Waals surface area contributed by atoms with E-state index in [1.807, 2.05) is 47.1 Å². The molecular weight excluding hydrogens is 516 g/mol. The van der Waals surface area contributed by atoms with Gasteiger partial charge in [0.1, 0.15) is 11.6 Å². The summed E-state index contributed by atoms with van der Waals surface area (Å²) in [7, 11) is 0. The van der Waals surface area contributed by atoms with Gasteiger partial charge in [-0.3, -0.25) is 9.59 Å². The number of fused-ring (bicyclic) bond motifs is 4. The lowest BCUT2D eigenvalue weighted by Gasteiger charge is -2.42. The third-order valence-corrected chi connectivity index (χ3v) is 9.29. The number of ether oxygens (including phenoxy) is 2. The fourth-order valence-corrected chi connectivity index (χ4v) is 6.77. The van der Waals surface area contributed by atoms with Gasteiger partial charge in [0, 0.05) is 43.6 Å². The van der Waals surface area contributed by atoms with Crippen LogP contribution in [-0.2, 0) is 16.0 Å². The summed E-state index contributed by atoms with van der Waals surface area (Å²) in [6.45, 7) is 6.19. The third kappa shape index (κ3) is 6.43. The average Bonchev–Trinajstić information content (AvgIpc) is 3.61. The van der Waals surface area contributed by atoms with Crippen molar-refractivity contribution in [1.29, 1.82) is 0 Å². The van der Waals surface area contributed by atoms with Gasteiger partial charge in [0.05, 0.1) is 30.3 Å². The van der Waals surface area contributed by atoms with Gasteiger partial charge < -0.3 is 24.3 Å². The molecule has 2 amide bonds. The van der Waals surface area contributed by atoms with Crippen LogP contribution < -0.4 is 4.74 Å². The Morgan fingerprint density at radius 1 is 1.07 bits per heavy atom. The highest BCUT2D eigenvalue weighted by molar-refractivity contribution is 5.95. The number of aromatic amines is 1. The molecule has 8 nitrogen and oxygen atoms in total. The summed E-state index contributed by atoms with van der Waals surface area (Å²) in [6.07, 6.45) is 8.23. The van der Waals surface area contributed by atoms with Crippen molar-refractivity contribution in [2.75, 3.05) is 39.5 Å². The second-order valence-electron chi connectivity index (χ2n) is 12.2. The molecule has 2 bridgehead atoms. The number of benzene rings is 2. The summed E-state index contributed by atoms with van der Waals surface area (Å²) in [4.78, 5) is 38.2. The molecule has 0 radical (unpaired) electrons. The molecule has 0 saturated carbocycles. The summed E-state index contributed by atoms with van der Waals surface area (Å²) in [5, 5.41) is 0. The van der Waals surface area contributed by atoms with Crippen molar-refractivity contribution in [2.24, 2.45) is 5.41 Å². The fraction of sp³-hybridized carbons (Fsp3) is 0.545. The van der Waals surface area contributed by atoms with Crippen molar-refractivity contribution >= 4 is 22.8 Å². The second-order valence-corrected chi connectivity index (χ2v) is 12.2. The Morgan fingerprint density at radius 2 is 1.95 bits per heavy atom. The molecule has 0 unspecified atom stereocenters. The maximum Gasteiger partial charge on any atom is 0.254 e. The maximum absolute atomic E-state index is 13.3. The van der Waals surface area contributed by atoms with Gasteiger partial charge in [-0.2, -0.15) is 0 Å². The van der Waals surface area contributed by atoms with E-state index in [0.29, 0.717) is 25.2 Å². The zero-order valence-corrected chi connectivity index (χ0v) is 24.2. The van der Waals surface area contributed by atoms with E-state index in [-0.39, 0.29) is 23.3 Å². The lowest BCUT2D eigenvalue weighted by Crippen LogP contribution is -2.45. The topological polar surface area (TPSA) is 87.8 Å². The molecule has 41 heavy (non-hydrogen) atoms. The van der Waals surface area contributed by atoms with Gasteiger partial charge in [0.25, 0.3) is 5.91 Å². The van der Waals surface area contributed by atoms with Crippen LogP contribution in [0.15, 0.2) is 42.5 Å². The monoisotopic (exact) mass is 558 g/mol. The van der Waals surface area contributed by atoms with Crippen molar-refractivity contribution in [3.8, 4) is 5.75 Å². The molecule has 3 aliphatic heterocycles. The SMILES string of the molecule is Cc1nc2ccc(CCC(=O)N3CCC4(CCCCOC[C@@H]5CCCN5C(=O)c5cccc(c5)OC4)CC3)cc2[nH]1. The Morgan fingerprint density at radius 3 is 2.83 bits per heavy atom. The first-order chi connectivity index (χ1) is 20.0. The molecule has 8 heteroatoms. The number of H-pyrrole nitrogens is 1. The van der Waals surface area contributed by atoms with E-state index in [2.05, 4.69) is 22.1 Å². The largest absolute Gasteiger partial charge is 0.493 e. The van der Waals surface area contributed by atoms with Gasteiger partial charge in [-0.1, -0.05) is 18.6 Å². The van der Waals surface area contributed by atoms with Crippen molar-refractivity contribution in [2.45, 2.75) is 70.8 Å². The minimum absolute atomic E-state index is 0.0144. The molecule has 2 fully saturated rings. The molecule has 218 valence electrons. The molecule has 1 spiro atoms. The van der Waals surface area contributed by atoms with Crippen LogP contribution in [0.1, 0.15) is 73.1 Å². The van der Waals surface area contributed by atoms with Crippen LogP contribution >= 0.6 is 0 Å². The van der Waals surface area contributed by atoms with E-state index in [1.54, 1.807) is 0 Å². The van der Waals surface area contributed by atoms with Crippen molar-refractivity contribution in [1.82, 2.24) is 19.8 Å². The Bertz CT molecular complexity index is 1380. The smallest absolute Gasteiger partial charge is 0.254 e. The van der Waals surface area contributed by atoms with E-state index in [4.69, 9.17) is 9.47 Å². The molecule has 6 rings (SSSR count). The highest BCUT2D eigenvalue weighted by atomic mass is 16.5. The van der Waals surface area contributed by atoms with Crippen LogP contribution in [0.25, 0.3) is 11.0 Å². The summed E-state index contributed by atoms with van der Waals surface area (Å²) in [5.41, 5.74) is 3.84. The van der Waals surface area contributed by atoms with Crippen molar-refractivity contribution in [3.63, 3.8) is 0 Å². The van der Waals surface area contributed by atoms with Crippen LogP contribution in [0.4, 0.5) is 0 Å². The highest BCUT2D eigenvalue weighted by Crippen LogP contribution is 2.38. The van der Waals surface area contributed by atoms with Gasteiger partial charge in [0.2, 0.25) is 5.91 Å². The molecule has 1 N–H and O–H groups in total. The van der Waals surface area contributed by atoms with Gasteiger partial charge >= 0.3 is 0 Å². The molecule has 1 atom stereocenters. The van der Waals surface area contributed by atoms with E-state index < -0.39 is 0 Å². The molecule has 3 aromatic rings. The molecule has 2 saturated heterocycles. The Hall–Kier alpha value is -3.39. The number of amides is 2. The normalized spacial score (nSPS) is 21.8. The van der Waals surface area contributed by atoms with Gasteiger partial charge in [-0.25, -0.2) is 4.98 Å².